The average Bonchev–Trinajstić information content (AvgIpc) is 2.53. The minimum absolute atomic E-state index is 0.279. The number of rotatable bonds is 5. The van der Waals surface area contributed by atoms with Crippen LogP contribution < -0.4 is 10.2 Å². The van der Waals surface area contributed by atoms with Gasteiger partial charge in [0.15, 0.2) is 6.61 Å². The van der Waals surface area contributed by atoms with Gasteiger partial charge in [0.25, 0.3) is 5.91 Å². The third-order valence-electron chi connectivity index (χ3n) is 2.62. The molecule has 0 aliphatic carbocycles. The molecular weight excluding hydrogens is 285 g/mol. The van der Waals surface area contributed by atoms with Gasteiger partial charge in [-0.1, -0.05) is 24.3 Å². The molecule has 0 atom stereocenters. The molecule has 0 unspecified atom stereocenters. The average molecular weight is 297 g/mol. The summed E-state index contributed by atoms with van der Waals surface area (Å²) in [6, 6.07) is 14.4. The molecule has 1 N–H and O–H groups in total. The summed E-state index contributed by atoms with van der Waals surface area (Å²) in [5.74, 6) is -0.540. The Morgan fingerprint density at radius 3 is 2.91 bits per heavy atom. The predicted octanol–water partition coefficient (Wildman–Crippen LogP) is 2.23. The second-order valence-electron chi connectivity index (χ2n) is 4.24. The van der Waals surface area contributed by atoms with Crippen molar-refractivity contribution >= 4 is 12.1 Å². The molecule has 2 aromatic carbocycles. The van der Waals surface area contributed by atoms with Crippen LogP contribution in [0.25, 0.3) is 0 Å². The van der Waals surface area contributed by atoms with Crippen LogP contribution >= 0.6 is 0 Å². The van der Waals surface area contributed by atoms with E-state index in [9.17, 15) is 9.18 Å². The Morgan fingerprint density at radius 1 is 1.32 bits per heavy atom. The van der Waals surface area contributed by atoms with Gasteiger partial charge >= 0.3 is 0 Å². The van der Waals surface area contributed by atoms with Gasteiger partial charge < -0.3 is 4.74 Å². The summed E-state index contributed by atoms with van der Waals surface area (Å²) in [6.07, 6.45) is 1.32. The highest BCUT2D eigenvalue weighted by atomic mass is 19.1. The zero-order chi connectivity index (χ0) is 15.8. The van der Waals surface area contributed by atoms with Gasteiger partial charge in [-0.25, -0.2) is 9.82 Å². The molecule has 0 aromatic heterocycles. The molecule has 0 radical (unpaired) electrons. The van der Waals surface area contributed by atoms with Crippen molar-refractivity contribution in [2.24, 2.45) is 5.10 Å². The predicted molar refractivity (Wildman–Crippen MR) is 78.8 cm³/mol. The lowest BCUT2D eigenvalue weighted by Gasteiger charge is -2.06. The van der Waals surface area contributed by atoms with Crippen LogP contribution in [0.5, 0.6) is 5.75 Å². The monoisotopic (exact) mass is 297 g/mol. The van der Waals surface area contributed by atoms with Crippen molar-refractivity contribution in [3.05, 3.63) is 65.5 Å². The molecule has 0 fully saturated rings. The first-order valence-electron chi connectivity index (χ1n) is 6.38. The van der Waals surface area contributed by atoms with E-state index in [0.717, 1.165) is 0 Å². The standard InChI is InChI=1S/C16H12FN3O2/c17-14-6-3-4-12(8-14)10-19-20-16(21)11-22-15-7-2-1-5-13(15)9-18/h1-8,10H,11H2,(H,20,21)/b19-10+. The molecule has 0 saturated heterocycles. The van der Waals surface area contributed by atoms with Crippen LogP contribution in [0.3, 0.4) is 0 Å². The summed E-state index contributed by atoms with van der Waals surface area (Å²) in [5.41, 5.74) is 3.13. The Kier molecular flexibility index (Phi) is 5.21. The fourth-order valence-electron chi connectivity index (χ4n) is 1.63. The fraction of sp³-hybridized carbons (Fsp3) is 0.0625. The largest absolute Gasteiger partial charge is 0.482 e. The number of benzene rings is 2. The quantitative estimate of drug-likeness (QED) is 0.679. The third kappa shape index (κ3) is 4.42. The summed E-state index contributed by atoms with van der Waals surface area (Å²) in [5, 5.41) is 12.6. The molecule has 22 heavy (non-hydrogen) atoms. The zero-order valence-electron chi connectivity index (χ0n) is 11.5. The maximum atomic E-state index is 12.9. The van der Waals surface area contributed by atoms with Crippen LogP contribution in [-0.2, 0) is 4.79 Å². The van der Waals surface area contributed by atoms with Gasteiger partial charge in [-0.2, -0.15) is 10.4 Å². The van der Waals surface area contributed by atoms with E-state index in [2.05, 4.69) is 10.5 Å². The second-order valence-corrected chi connectivity index (χ2v) is 4.24. The molecule has 1 amide bonds. The Bertz CT molecular complexity index is 738. The van der Waals surface area contributed by atoms with E-state index in [4.69, 9.17) is 10.00 Å². The summed E-state index contributed by atoms with van der Waals surface area (Å²) >= 11 is 0. The van der Waals surface area contributed by atoms with E-state index in [1.165, 1.54) is 18.3 Å². The van der Waals surface area contributed by atoms with Crippen LogP contribution in [0.2, 0.25) is 0 Å². The molecule has 0 bridgehead atoms. The molecule has 0 aliphatic rings. The number of carbonyl (C=O) groups is 1. The number of nitriles is 1. The van der Waals surface area contributed by atoms with E-state index in [-0.39, 0.29) is 12.4 Å². The van der Waals surface area contributed by atoms with Crippen LogP contribution in [0, 0.1) is 17.1 Å². The number of nitrogens with one attached hydrogen (secondary N) is 1. The molecule has 5 nitrogen and oxygen atoms in total. The minimum Gasteiger partial charge on any atom is -0.482 e. The molecule has 110 valence electrons. The molecule has 2 aromatic rings. The number of carbonyl (C=O) groups excluding carboxylic acids is 1. The molecule has 0 saturated carbocycles. The van der Waals surface area contributed by atoms with E-state index in [1.54, 1.807) is 36.4 Å². The second kappa shape index (κ2) is 7.55. The lowest BCUT2D eigenvalue weighted by atomic mass is 10.2. The third-order valence-corrected chi connectivity index (χ3v) is 2.62. The van der Waals surface area contributed by atoms with Crippen LogP contribution in [0.4, 0.5) is 4.39 Å². The highest BCUT2D eigenvalue weighted by molar-refractivity contribution is 5.82. The number of nitrogens with zero attached hydrogens (tertiary/aromatic N) is 2. The van der Waals surface area contributed by atoms with E-state index >= 15 is 0 Å². The first-order valence-corrected chi connectivity index (χ1v) is 6.38. The lowest BCUT2D eigenvalue weighted by molar-refractivity contribution is -0.123. The maximum Gasteiger partial charge on any atom is 0.277 e. The maximum absolute atomic E-state index is 12.9. The van der Waals surface area contributed by atoms with Gasteiger partial charge in [-0.15, -0.1) is 0 Å². The molecular formula is C16H12FN3O2. The summed E-state index contributed by atoms with van der Waals surface area (Å²) in [4.78, 5) is 11.6. The van der Waals surface area contributed by atoms with Gasteiger partial charge in [-0.05, 0) is 29.8 Å². The zero-order valence-corrected chi connectivity index (χ0v) is 11.5. The summed E-state index contributed by atoms with van der Waals surface area (Å²) in [6.45, 7) is -0.279. The van der Waals surface area contributed by atoms with Crippen molar-refractivity contribution in [2.45, 2.75) is 0 Å². The van der Waals surface area contributed by atoms with Crippen molar-refractivity contribution in [1.29, 1.82) is 5.26 Å². The fourth-order valence-corrected chi connectivity index (χ4v) is 1.63. The van der Waals surface area contributed by atoms with Gasteiger partial charge in [0.2, 0.25) is 0 Å². The summed E-state index contributed by atoms with van der Waals surface area (Å²) < 4.78 is 18.2. The van der Waals surface area contributed by atoms with Gasteiger partial charge in [0.05, 0.1) is 11.8 Å². The SMILES string of the molecule is N#Cc1ccccc1OCC(=O)N/N=C/c1cccc(F)c1. The Balaban J connectivity index is 1.85. The highest BCUT2D eigenvalue weighted by Gasteiger charge is 2.05. The highest BCUT2D eigenvalue weighted by Crippen LogP contribution is 2.16. The van der Waals surface area contributed by atoms with E-state index in [1.807, 2.05) is 6.07 Å². The topological polar surface area (TPSA) is 74.5 Å². The first kappa shape index (κ1) is 15.2. The number of hydrazone groups is 1. The molecule has 0 heterocycles. The van der Waals surface area contributed by atoms with Crippen molar-refractivity contribution < 1.29 is 13.9 Å². The Labute approximate surface area is 126 Å². The van der Waals surface area contributed by atoms with Gasteiger partial charge in [0.1, 0.15) is 17.6 Å². The van der Waals surface area contributed by atoms with Crippen molar-refractivity contribution in [3.8, 4) is 11.8 Å². The van der Waals surface area contributed by atoms with Crippen LogP contribution in [0.15, 0.2) is 53.6 Å². The molecule has 0 spiro atoms. The van der Waals surface area contributed by atoms with Crippen LogP contribution in [0.1, 0.15) is 11.1 Å². The number of hydrogen-bond donors (Lipinski definition) is 1. The van der Waals surface area contributed by atoms with Crippen molar-refractivity contribution in [1.82, 2.24) is 5.43 Å². The number of ether oxygens (including phenoxy) is 1. The number of halogens is 1. The summed E-state index contributed by atoms with van der Waals surface area (Å²) in [7, 11) is 0. The normalized spacial score (nSPS) is 10.2. The Morgan fingerprint density at radius 2 is 2.14 bits per heavy atom. The smallest absolute Gasteiger partial charge is 0.277 e. The number of amides is 1. The van der Waals surface area contributed by atoms with E-state index in [0.29, 0.717) is 16.9 Å². The Hall–Kier alpha value is -3.20. The van der Waals surface area contributed by atoms with E-state index < -0.39 is 5.91 Å². The van der Waals surface area contributed by atoms with Gasteiger partial charge in [0, 0.05) is 0 Å². The minimum atomic E-state index is -0.486. The number of hydrogen-bond acceptors (Lipinski definition) is 4. The number of para-hydroxylation sites is 1. The van der Waals surface area contributed by atoms with Gasteiger partial charge in [-0.3, -0.25) is 4.79 Å². The molecule has 2 rings (SSSR count). The molecule has 0 aliphatic heterocycles. The van der Waals surface area contributed by atoms with Crippen LogP contribution in [-0.4, -0.2) is 18.7 Å². The van der Waals surface area contributed by atoms with Crippen molar-refractivity contribution in [3.63, 3.8) is 0 Å². The van der Waals surface area contributed by atoms with Crippen molar-refractivity contribution in [2.75, 3.05) is 6.61 Å². The molecule has 6 heteroatoms. The first-order chi connectivity index (χ1) is 10.7. The lowest BCUT2D eigenvalue weighted by Crippen LogP contribution is -2.24.